The van der Waals surface area contributed by atoms with E-state index < -0.39 is 10.7 Å². The Labute approximate surface area is 105 Å². The number of nitro groups is 1. The van der Waals surface area contributed by atoms with Gasteiger partial charge < -0.3 is 4.74 Å². The lowest BCUT2D eigenvalue weighted by molar-refractivity contribution is -0.385. The minimum absolute atomic E-state index is 0.0591. The summed E-state index contributed by atoms with van der Waals surface area (Å²) >= 11 is 5.58. The number of rotatable bonds is 3. The van der Waals surface area contributed by atoms with Gasteiger partial charge in [-0.3, -0.25) is 15.1 Å². The Morgan fingerprint density at radius 3 is 2.83 bits per heavy atom. The van der Waals surface area contributed by atoms with E-state index >= 15 is 0 Å². The molecule has 18 heavy (non-hydrogen) atoms. The zero-order valence-electron chi connectivity index (χ0n) is 8.71. The second-order valence-electron chi connectivity index (χ2n) is 3.15. The van der Waals surface area contributed by atoms with E-state index in [2.05, 4.69) is 9.97 Å². The summed E-state index contributed by atoms with van der Waals surface area (Å²) in [6, 6.07) is 2.86. The van der Waals surface area contributed by atoms with Crippen LogP contribution in [0.4, 0.5) is 10.1 Å². The number of hydrogen-bond donors (Lipinski definition) is 0. The van der Waals surface area contributed by atoms with Gasteiger partial charge in [0.05, 0.1) is 17.3 Å². The first kappa shape index (κ1) is 12.2. The second kappa shape index (κ2) is 4.92. The number of nitrogens with zero attached hydrogens (tertiary/aromatic N) is 3. The van der Waals surface area contributed by atoms with Gasteiger partial charge in [-0.05, 0) is 6.07 Å². The Kier molecular flexibility index (Phi) is 3.33. The van der Waals surface area contributed by atoms with Crippen molar-refractivity contribution in [2.45, 2.75) is 0 Å². The van der Waals surface area contributed by atoms with Crippen molar-refractivity contribution < 1.29 is 14.1 Å². The smallest absolute Gasteiger partial charge is 0.311 e. The fourth-order valence-corrected chi connectivity index (χ4v) is 1.35. The SMILES string of the molecule is O=[N+]([O-])c1ccc(F)cc1Oc1cncc(Cl)n1. The maximum atomic E-state index is 13.0. The van der Waals surface area contributed by atoms with Crippen LogP contribution in [-0.4, -0.2) is 14.9 Å². The molecule has 2 rings (SSSR count). The Morgan fingerprint density at radius 1 is 1.39 bits per heavy atom. The molecule has 0 atom stereocenters. The van der Waals surface area contributed by atoms with Gasteiger partial charge in [0.15, 0.2) is 5.15 Å². The van der Waals surface area contributed by atoms with Gasteiger partial charge in [0, 0.05) is 12.1 Å². The molecule has 0 radical (unpaired) electrons. The zero-order chi connectivity index (χ0) is 13.1. The number of hydrogen-bond acceptors (Lipinski definition) is 5. The van der Waals surface area contributed by atoms with Crippen molar-refractivity contribution in [3.63, 3.8) is 0 Å². The number of halogens is 2. The average Bonchev–Trinajstić information content (AvgIpc) is 2.28. The van der Waals surface area contributed by atoms with E-state index in [-0.39, 0.29) is 22.5 Å². The largest absolute Gasteiger partial charge is 0.430 e. The van der Waals surface area contributed by atoms with E-state index in [1.165, 1.54) is 12.4 Å². The fraction of sp³-hybridized carbons (Fsp3) is 0. The Morgan fingerprint density at radius 2 is 2.17 bits per heavy atom. The molecular formula is C10H5ClFN3O3. The summed E-state index contributed by atoms with van der Waals surface area (Å²) < 4.78 is 18.1. The fourth-order valence-electron chi connectivity index (χ4n) is 1.21. The normalized spacial score (nSPS) is 10.1. The maximum Gasteiger partial charge on any atom is 0.311 e. The van der Waals surface area contributed by atoms with Crippen LogP contribution in [-0.2, 0) is 0 Å². The van der Waals surface area contributed by atoms with Crippen LogP contribution >= 0.6 is 11.6 Å². The van der Waals surface area contributed by atoms with Crippen LogP contribution in [0.5, 0.6) is 11.6 Å². The van der Waals surface area contributed by atoms with E-state index in [9.17, 15) is 14.5 Å². The summed E-state index contributed by atoms with van der Waals surface area (Å²) in [5.41, 5.74) is -0.377. The Hall–Kier alpha value is -2.28. The van der Waals surface area contributed by atoms with Gasteiger partial charge in [-0.2, -0.15) is 4.98 Å². The highest BCUT2D eigenvalue weighted by molar-refractivity contribution is 6.29. The molecule has 0 amide bonds. The number of aromatic nitrogens is 2. The minimum Gasteiger partial charge on any atom is -0.430 e. The van der Waals surface area contributed by atoms with Gasteiger partial charge in [0.1, 0.15) is 5.82 Å². The van der Waals surface area contributed by atoms with E-state index in [1.807, 2.05) is 0 Å². The molecule has 0 N–H and O–H groups in total. The van der Waals surface area contributed by atoms with Crippen molar-refractivity contribution in [3.8, 4) is 11.6 Å². The number of benzene rings is 1. The van der Waals surface area contributed by atoms with Gasteiger partial charge >= 0.3 is 5.69 Å². The summed E-state index contributed by atoms with van der Waals surface area (Å²) in [6.45, 7) is 0. The first-order valence-electron chi connectivity index (χ1n) is 4.65. The van der Waals surface area contributed by atoms with Crippen LogP contribution in [0.3, 0.4) is 0 Å². The lowest BCUT2D eigenvalue weighted by Gasteiger charge is -2.04. The number of ether oxygens (including phenoxy) is 1. The van der Waals surface area contributed by atoms with Gasteiger partial charge in [0.2, 0.25) is 11.6 Å². The summed E-state index contributed by atoms with van der Waals surface area (Å²) in [7, 11) is 0. The summed E-state index contributed by atoms with van der Waals surface area (Å²) in [5, 5.41) is 10.8. The molecule has 1 heterocycles. The Balaban J connectivity index is 2.39. The first-order valence-corrected chi connectivity index (χ1v) is 5.03. The molecule has 6 nitrogen and oxygen atoms in total. The van der Waals surface area contributed by atoms with Crippen molar-refractivity contribution in [2.75, 3.05) is 0 Å². The van der Waals surface area contributed by atoms with Gasteiger partial charge in [-0.1, -0.05) is 11.6 Å². The molecule has 2 aromatic rings. The van der Waals surface area contributed by atoms with Crippen LogP contribution in [0.15, 0.2) is 30.6 Å². The van der Waals surface area contributed by atoms with Crippen molar-refractivity contribution in [3.05, 3.63) is 51.7 Å². The quantitative estimate of drug-likeness (QED) is 0.632. The molecule has 0 saturated heterocycles. The highest BCUT2D eigenvalue weighted by Gasteiger charge is 2.17. The molecule has 0 fully saturated rings. The van der Waals surface area contributed by atoms with E-state index in [0.29, 0.717) is 0 Å². The molecule has 92 valence electrons. The van der Waals surface area contributed by atoms with Crippen molar-refractivity contribution in [1.29, 1.82) is 0 Å². The third-order valence-corrected chi connectivity index (χ3v) is 2.10. The maximum absolute atomic E-state index is 13.0. The lowest BCUT2D eigenvalue weighted by Crippen LogP contribution is -1.96. The van der Waals surface area contributed by atoms with Gasteiger partial charge in [-0.15, -0.1) is 0 Å². The molecule has 0 spiro atoms. The van der Waals surface area contributed by atoms with Crippen molar-refractivity contribution in [2.24, 2.45) is 0 Å². The van der Waals surface area contributed by atoms with Crippen molar-refractivity contribution >= 4 is 17.3 Å². The van der Waals surface area contributed by atoms with E-state index in [4.69, 9.17) is 16.3 Å². The van der Waals surface area contributed by atoms with Gasteiger partial charge in [-0.25, -0.2) is 4.39 Å². The van der Waals surface area contributed by atoms with Crippen LogP contribution in [0.25, 0.3) is 0 Å². The summed E-state index contributed by atoms with van der Waals surface area (Å²) in [6.07, 6.45) is 2.48. The van der Waals surface area contributed by atoms with Crippen LogP contribution in [0.2, 0.25) is 5.15 Å². The van der Waals surface area contributed by atoms with E-state index in [0.717, 1.165) is 18.2 Å². The Bertz CT molecular complexity index is 609. The third kappa shape index (κ3) is 2.69. The van der Waals surface area contributed by atoms with Crippen molar-refractivity contribution in [1.82, 2.24) is 9.97 Å². The molecule has 0 aliphatic rings. The highest BCUT2D eigenvalue weighted by Crippen LogP contribution is 2.31. The third-order valence-electron chi connectivity index (χ3n) is 1.92. The molecule has 0 bridgehead atoms. The summed E-state index contributed by atoms with van der Waals surface area (Å²) in [4.78, 5) is 17.5. The molecule has 0 saturated carbocycles. The molecule has 0 aliphatic heterocycles. The average molecular weight is 270 g/mol. The lowest BCUT2D eigenvalue weighted by atomic mass is 10.3. The molecule has 0 aliphatic carbocycles. The topological polar surface area (TPSA) is 78.2 Å². The van der Waals surface area contributed by atoms with Crippen LogP contribution in [0, 0.1) is 15.9 Å². The summed E-state index contributed by atoms with van der Waals surface area (Å²) in [5.74, 6) is -0.988. The second-order valence-corrected chi connectivity index (χ2v) is 3.54. The highest BCUT2D eigenvalue weighted by atomic mass is 35.5. The molecule has 0 unspecified atom stereocenters. The standard InChI is InChI=1S/C10H5ClFN3O3/c11-9-4-13-5-10(14-9)18-8-3-6(12)1-2-7(8)15(16)17/h1-5H. The van der Waals surface area contributed by atoms with Crippen LogP contribution < -0.4 is 4.74 Å². The van der Waals surface area contributed by atoms with Gasteiger partial charge in [0.25, 0.3) is 0 Å². The monoisotopic (exact) mass is 269 g/mol. The molecular weight excluding hydrogens is 265 g/mol. The molecule has 8 heteroatoms. The minimum atomic E-state index is -0.688. The number of nitro benzene ring substituents is 1. The predicted molar refractivity (Wildman–Crippen MR) is 60.2 cm³/mol. The zero-order valence-corrected chi connectivity index (χ0v) is 9.46. The molecule has 1 aromatic heterocycles. The first-order chi connectivity index (χ1) is 8.56. The molecule has 1 aromatic carbocycles. The van der Waals surface area contributed by atoms with Crippen LogP contribution in [0.1, 0.15) is 0 Å². The predicted octanol–water partition coefficient (Wildman–Crippen LogP) is 2.97. The van der Waals surface area contributed by atoms with E-state index in [1.54, 1.807) is 0 Å².